The van der Waals surface area contributed by atoms with Gasteiger partial charge in [-0.15, -0.1) is 0 Å². The minimum atomic E-state index is 0.792. The first-order chi connectivity index (χ1) is 18.8. The number of nitrogens with one attached hydrogen (secondary N) is 2. The van der Waals surface area contributed by atoms with E-state index in [9.17, 15) is 0 Å². The summed E-state index contributed by atoms with van der Waals surface area (Å²) in [6.07, 6.45) is 10.0. The van der Waals surface area contributed by atoms with Crippen LogP contribution in [-0.4, -0.2) is 38.0 Å². The number of hydrazine groups is 1. The van der Waals surface area contributed by atoms with Crippen LogP contribution in [0.1, 0.15) is 36.1 Å². The first-order valence-corrected chi connectivity index (χ1v) is 13.5. The fourth-order valence-corrected chi connectivity index (χ4v) is 5.58. The van der Waals surface area contributed by atoms with Crippen molar-refractivity contribution >= 4 is 27.6 Å². The first kappa shape index (κ1) is 23.1. The van der Waals surface area contributed by atoms with E-state index in [-0.39, 0.29) is 0 Å². The average molecular weight is 503 g/mol. The molecule has 190 valence electrons. The SMILES string of the molecule is C1=C(c2cc3c(cn2)[nH]c2ncc(-c4ccc(CN5CCCCC5)cc4)cc23)[NH2+]NN1Cc1ccccc1. The molecule has 0 spiro atoms. The maximum absolute atomic E-state index is 4.76. The zero-order valence-electron chi connectivity index (χ0n) is 21.4. The van der Waals surface area contributed by atoms with E-state index < -0.39 is 0 Å². The second-order valence-corrected chi connectivity index (χ2v) is 10.4. The van der Waals surface area contributed by atoms with Crippen LogP contribution in [0.15, 0.2) is 85.3 Å². The second kappa shape index (κ2) is 10.0. The Labute approximate surface area is 222 Å². The number of hydrogen-bond acceptors (Lipinski definition) is 5. The molecular weight excluding hydrogens is 470 g/mol. The van der Waals surface area contributed by atoms with Crippen LogP contribution in [0.25, 0.3) is 38.8 Å². The summed E-state index contributed by atoms with van der Waals surface area (Å²) in [7, 11) is 0. The molecule has 2 aliphatic rings. The molecule has 4 N–H and O–H groups in total. The van der Waals surface area contributed by atoms with E-state index in [0.29, 0.717) is 0 Å². The largest absolute Gasteiger partial charge is 0.338 e. The lowest BCUT2D eigenvalue weighted by Gasteiger charge is -2.26. The number of benzene rings is 2. The highest BCUT2D eigenvalue weighted by molar-refractivity contribution is 6.07. The van der Waals surface area contributed by atoms with E-state index in [4.69, 9.17) is 9.97 Å². The Bertz CT molecular complexity index is 1600. The van der Waals surface area contributed by atoms with Crippen LogP contribution in [0.5, 0.6) is 0 Å². The van der Waals surface area contributed by atoms with E-state index in [2.05, 4.69) is 87.3 Å². The number of aromatic nitrogens is 3. The molecule has 7 heteroatoms. The van der Waals surface area contributed by atoms with Gasteiger partial charge in [0.2, 0.25) is 0 Å². The van der Waals surface area contributed by atoms with Crippen molar-refractivity contribution in [2.45, 2.75) is 32.4 Å². The molecule has 0 aliphatic carbocycles. The molecule has 1 saturated heterocycles. The number of quaternary nitrogens is 1. The number of aromatic amines is 1. The van der Waals surface area contributed by atoms with Crippen molar-refractivity contribution in [1.82, 2.24) is 30.4 Å². The molecule has 0 saturated carbocycles. The molecule has 7 nitrogen and oxygen atoms in total. The summed E-state index contributed by atoms with van der Waals surface area (Å²) in [4.78, 5) is 15.5. The van der Waals surface area contributed by atoms with E-state index in [1.807, 2.05) is 23.9 Å². The van der Waals surface area contributed by atoms with Crippen molar-refractivity contribution in [1.29, 1.82) is 0 Å². The molecule has 0 atom stereocenters. The van der Waals surface area contributed by atoms with Crippen molar-refractivity contribution in [2.75, 3.05) is 13.1 Å². The van der Waals surface area contributed by atoms with Gasteiger partial charge in [0.15, 0.2) is 5.70 Å². The third-order valence-corrected chi connectivity index (χ3v) is 7.65. The van der Waals surface area contributed by atoms with Gasteiger partial charge < -0.3 is 4.98 Å². The Hall–Kier alpha value is -4.04. The Morgan fingerprint density at radius 2 is 1.58 bits per heavy atom. The standard InChI is InChI=1S/C31H31N7/c1-3-7-22(8-4-1)20-38-21-30(35-36-38)28-16-26-27-15-25(17-33-31(27)34-29(26)18-32-28)24-11-9-23(10-12-24)19-37-13-5-2-6-14-37/h1,3-4,7-12,15-18,21,35-36H,2,5-6,13-14,19-20H2,(H,33,34)/p+1. The van der Waals surface area contributed by atoms with Gasteiger partial charge >= 0.3 is 0 Å². The number of hydrogen-bond donors (Lipinski definition) is 3. The number of likely N-dealkylation sites (tertiary alicyclic amines) is 1. The van der Waals surface area contributed by atoms with Crippen molar-refractivity contribution in [3.8, 4) is 11.1 Å². The molecule has 0 amide bonds. The van der Waals surface area contributed by atoms with Crippen molar-refractivity contribution in [2.24, 2.45) is 0 Å². The van der Waals surface area contributed by atoms with E-state index in [1.54, 1.807) is 0 Å². The van der Waals surface area contributed by atoms with Crippen LogP contribution in [0, 0.1) is 0 Å². The minimum Gasteiger partial charge on any atom is -0.338 e. The van der Waals surface area contributed by atoms with Crippen LogP contribution in [-0.2, 0) is 13.1 Å². The highest BCUT2D eigenvalue weighted by Gasteiger charge is 2.20. The summed E-state index contributed by atoms with van der Waals surface area (Å²) in [5, 5.41) is 4.34. The first-order valence-electron chi connectivity index (χ1n) is 13.5. The van der Waals surface area contributed by atoms with Crippen LogP contribution in [0.3, 0.4) is 0 Å². The van der Waals surface area contributed by atoms with Crippen molar-refractivity contribution in [3.05, 3.63) is 102 Å². The topological polar surface area (TPSA) is 76.7 Å². The third-order valence-electron chi connectivity index (χ3n) is 7.65. The predicted molar refractivity (Wildman–Crippen MR) is 151 cm³/mol. The lowest BCUT2D eigenvalue weighted by Crippen LogP contribution is -2.89. The minimum absolute atomic E-state index is 0.792. The predicted octanol–water partition coefficient (Wildman–Crippen LogP) is 4.56. The molecule has 0 radical (unpaired) electrons. The summed E-state index contributed by atoms with van der Waals surface area (Å²) < 4.78 is 0. The Kier molecular flexibility index (Phi) is 6.09. The van der Waals surface area contributed by atoms with Gasteiger partial charge in [-0.05, 0) is 54.8 Å². The second-order valence-electron chi connectivity index (χ2n) is 10.4. The highest BCUT2D eigenvalue weighted by atomic mass is 15.7. The van der Waals surface area contributed by atoms with Gasteiger partial charge in [-0.2, -0.15) is 0 Å². The molecule has 0 bridgehead atoms. The molecule has 2 aromatic carbocycles. The molecule has 3 aromatic heterocycles. The van der Waals surface area contributed by atoms with Gasteiger partial charge in [0, 0.05) is 29.1 Å². The fraction of sp³-hybridized carbons (Fsp3) is 0.226. The normalized spacial score (nSPS) is 16.4. The third kappa shape index (κ3) is 4.67. The number of H-pyrrole nitrogens is 1. The van der Waals surface area contributed by atoms with Gasteiger partial charge in [0.25, 0.3) is 0 Å². The fourth-order valence-electron chi connectivity index (χ4n) is 5.58. The van der Waals surface area contributed by atoms with Gasteiger partial charge in [-0.1, -0.05) is 66.6 Å². The van der Waals surface area contributed by atoms with E-state index in [0.717, 1.165) is 52.0 Å². The van der Waals surface area contributed by atoms with Crippen LogP contribution in [0.4, 0.5) is 0 Å². The number of nitrogens with two attached hydrogens (primary N) is 1. The maximum atomic E-state index is 4.76. The van der Waals surface area contributed by atoms with Gasteiger partial charge in [0.05, 0.1) is 24.5 Å². The monoisotopic (exact) mass is 502 g/mol. The molecule has 5 aromatic rings. The summed E-state index contributed by atoms with van der Waals surface area (Å²) in [5.74, 6) is 0. The number of fused-ring (bicyclic) bond motifs is 3. The highest BCUT2D eigenvalue weighted by Crippen LogP contribution is 2.30. The number of pyridine rings is 2. The van der Waals surface area contributed by atoms with Gasteiger partial charge in [-0.25, -0.2) is 15.4 Å². The average Bonchev–Trinajstić information content (AvgIpc) is 3.58. The van der Waals surface area contributed by atoms with Crippen LogP contribution >= 0.6 is 0 Å². The quantitative estimate of drug-likeness (QED) is 0.297. The number of piperidine rings is 1. The molecule has 7 rings (SSSR count). The van der Waals surface area contributed by atoms with Crippen LogP contribution in [0.2, 0.25) is 0 Å². The van der Waals surface area contributed by atoms with Crippen LogP contribution < -0.4 is 11.0 Å². The Balaban J connectivity index is 1.15. The summed E-state index contributed by atoms with van der Waals surface area (Å²) in [5.41, 5.74) is 14.2. The lowest BCUT2D eigenvalue weighted by atomic mass is 10.0. The molecule has 2 aliphatic heterocycles. The Morgan fingerprint density at radius 1 is 0.763 bits per heavy atom. The molecule has 0 unspecified atom stereocenters. The Morgan fingerprint density at radius 3 is 2.42 bits per heavy atom. The van der Waals surface area contributed by atoms with E-state index >= 15 is 0 Å². The van der Waals surface area contributed by atoms with Gasteiger partial charge in [0.1, 0.15) is 11.3 Å². The smallest absolute Gasteiger partial charge is 0.193 e. The zero-order chi connectivity index (χ0) is 25.3. The lowest BCUT2D eigenvalue weighted by molar-refractivity contribution is -0.641. The van der Waals surface area contributed by atoms with Gasteiger partial charge in [-0.3, -0.25) is 9.91 Å². The molecule has 5 heterocycles. The summed E-state index contributed by atoms with van der Waals surface area (Å²) in [6.45, 7) is 4.27. The molecule has 38 heavy (non-hydrogen) atoms. The summed E-state index contributed by atoms with van der Waals surface area (Å²) >= 11 is 0. The maximum Gasteiger partial charge on any atom is 0.193 e. The number of rotatable bonds is 6. The van der Waals surface area contributed by atoms with E-state index in [1.165, 1.54) is 49.0 Å². The molecular formula is C31H32N7+. The zero-order valence-corrected chi connectivity index (χ0v) is 21.4. The van der Waals surface area contributed by atoms with Crippen molar-refractivity contribution < 1.29 is 5.43 Å². The van der Waals surface area contributed by atoms with Crippen molar-refractivity contribution in [3.63, 3.8) is 0 Å². The number of nitrogens with zero attached hydrogens (tertiary/aromatic N) is 4. The summed E-state index contributed by atoms with van der Waals surface area (Å²) in [6, 6.07) is 23.9. The molecule has 1 fully saturated rings.